The largest absolute Gasteiger partial charge is 0.482 e. The van der Waals surface area contributed by atoms with Crippen molar-refractivity contribution in [3.05, 3.63) is 28.2 Å². The van der Waals surface area contributed by atoms with Crippen molar-refractivity contribution in [2.45, 2.75) is 33.3 Å². The van der Waals surface area contributed by atoms with Crippen LogP contribution in [0.3, 0.4) is 0 Å². The van der Waals surface area contributed by atoms with Crippen LogP contribution in [0.5, 0.6) is 5.75 Å². The van der Waals surface area contributed by atoms with Gasteiger partial charge in [-0.15, -0.1) is 0 Å². The van der Waals surface area contributed by atoms with E-state index in [9.17, 15) is 4.79 Å². The molecule has 1 rings (SSSR count). The number of ether oxygens (including phenoxy) is 2. The zero-order valence-electron chi connectivity index (χ0n) is 10.5. The summed E-state index contributed by atoms with van der Waals surface area (Å²) in [4.78, 5) is 11.5. The van der Waals surface area contributed by atoms with Crippen LogP contribution in [0.4, 0.5) is 0 Å². The van der Waals surface area contributed by atoms with Gasteiger partial charge >= 0.3 is 5.97 Å². The van der Waals surface area contributed by atoms with E-state index in [1.54, 1.807) is 0 Å². The van der Waals surface area contributed by atoms with Crippen LogP contribution >= 0.6 is 15.9 Å². The van der Waals surface area contributed by atoms with E-state index in [-0.39, 0.29) is 12.6 Å². The van der Waals surface area contributed by atoms with E-state index in [0.717, 1.165) is 10.0 Å². The fourth-order valence-corrected chi connectivity index (χ4v) is 1.76. The predicted octanol–water partition coefficient (Wildman–Crippen LogP) is 3.48. The summed E-state index contributed by atoms with van der Waals surface area (Å²) in [5, 5.41) is 0. The summed E-state index contributed by atoms with van der Waals surface area (Å²) in [6.45, 7) is 7.34. The summed E-state index contributed by atoms with van der Waals surface area (Å²) in [5.74, 6) is 0.332. The maximum Gasteiger partial charge on any atom is 0.344 e. The molecular weight excluding hydrogens is 284 g/mol. The van der Waals surface area contributed by atoms with E-state index in [1.165, 1.54) is 0 Å². The van der Waals surface area contributed by atoms with Crippen molar-refractivity contribution in [1.82, 2.24) is 0 Å². The standard InChI is InChI=1S/C13H17BrO3/c1-9-7-10(14)5-6-11(9)16-8-12(15)17-13(2,3)4/h5-7H,8H2,1-4H3. The number of rotatable bonds is 3. The van der Waals surface area contributed by atoms with Gasteiger partial charge in [0.25, 0.3) is 0 Å². The van der Waals surface area contributed by atoms with Crippen molar-refractivity contribution in [3.63, 3.8) is 0 Å². The van der Waals surface area contributed by atoms with Crippen molar-refractivity contribution in [2.75, 3.05) is 6.61 Å². The summed E-state index contributed by atoms with van der Waals surface area (Å²) in [7, 11) is 0. The smallest absolute Gasteiger partial charge is 0.344 e. The topological polar surface area (TPSA) is 35.5 Å². The number of carbonyl (C=O) groups excluding carboxylic acids is 1. The lowest BCUT2D eigenvalue weighted by molar-refractivity contribution is -0.157. The Kier molecular flexibility index (Phi) is 4.57. The van der Waals surface area contributed by atoms with Crippen LogP contribution < -0.4 is 4.74 Å². The Bertz CT molecular complexity index is 408. The monoisotopic (exact) mass is 300 g/mol. The molecule has 0 spiro atoms. The minimum absolute atomic E-state index is 0.0697. The van der Waals surface area contributed by atoms with Crippen LogP contribution in [-0.2, 0) is 9.53 Å². The molecule has 17 heavy (non-hydrogen) atoms. The molecule has 0 aliphatic carbocycles. The van der Waals surface area contributed by atoms with Gasteiger partial charge in [-0.1, -0.05) is 15.9 Å². The van der Waals surface area contributed by atoms with Crippen LogP contribution in [0.15, 0.2) is 22.7 Å². The van der Waals surface area contributed by atoms with Crippen LogP contribution in [0.25, 0.3) is 0 Å². The maximum atomic E-state index is 11.5. The number of carbonyl (C=O) groups is 1. The first-order valence-electron chi connectivity index (χ1n) is 5.39. The van der Waals surface area contributed by atoms with Crippen molar-refractivity contribution in [1.29, 1.82) is 0 Å². The Morgan fingerprint density at radius 2 is 2.00 bits per heavy atom. The predicted molar refractivity (Wildman–Crippen MR) is 70.2 cm³/mol. The van der Waals surface area contributed by atoms with E-state index >= 15 is 0 Å². The first-order chi connectivity index (χ1) is 7.78. The summed E-state index contributed by atoms with van der Waals surface area (Å²) in [6, 6.07) is 5.63. The number of esters is 1. The van der Waals surface area contributed by atoms with Crippen LogP contribution in [0.2, 0.25) is 0 Å². The van der Waals surface area contributed by atoms with Gasteiger partial charge in [0, 0.05) is 4.47 Å². The highest BCUT2D eigenvalue weighted by Crippen LogP contribution is 2.22. The molecule has 3 nitrogen and oxygen atoms in total. The van der Waals surface area contributed by atoms with Gasteiger partial charge in [-0.3, -0.25) is 0 Å². The summed E-state index contributed by atoms with van der Waals surface area (Å²) in [5.41, 5.74) is 0.498. The molecule has 0 aromatic heterocycles. The Labute approximate surface area is 110 Å². The highest BCUT2D eigenvalue weighted by atomic mass is 79.9. The third-order valence-corrected chi connectivity index (χ3v) is 2.40. The summed E-state index contributed by atoms with van der Waals surface area (Å²) in [6.07, 6.45) is 0. The van der Waals surface area contributed by atoms with Crippen molar-refractivity contribution >= 4 is 21.9 Å². The second-order valence-corrected chi connectivity index (χ2v) is 5.70. The first-order valence-corrected chi connectivity index (χ1v) is 6.18. The molecule has 0 saturated carbocycles. The van der Waals surface area contributed by atoms with Gasteiger partial charge in [0.05, 0.1) is 0 Å². The SMILES string of the molecule is Cc1cc(Br)ccc1OCC(=O)OC(C)(C)C. The minimum atomic E-state index is -0.477. The number of aryl methyl sites for hydroxylation is 1. The molecule has 0 amide bonds. The second-order valence-electron chi connectivity index (χ2n) is 4.78. The molecule has 1 aromatic carbocycles. The number of halogens is 1. The normalized spacial score (nSPS) is 11.1. The highest BCUT2D eigenvalue weighted by molar-refractivity contribution is 9.10. The highest BCUT2D eigenvalue weighted by Gasteiger charge is 2.16. The van der Waals surface area contributed by atoms with Crippen molar-refractivity contribution in [3.8, 4) is 5.75 Å². The third-order valence-electron chi connectivity index (χ3n) is 1.90. The molecule has 0 saturated heterocycles. The molecule has 0 fully saturated rings. The Morgan fingerprint density at radius 3 is 2.53 bits per heavy atom. The maximum absolute atomic E-state index is 11.5. The molecule has 0 aliphatic rings. The molecule has 0 atom stereocenters. The lowest BCUT2D eigenvalue weighted by Gasteiger charge is -2.19. The molecular formula is C13H17BrO3. The van der Waals surface area contributed by atoms with Crippen LogP contribution in [0.1, 0.15) is 26.3 Å². The van der Waals surface area contributed by atoms with Gasteiger partial charge in [-0.25, -0.2) is 4.79 Å². The zero-order valence-corrected chi connectivity index (χ0v) is 12.1. The number of hydrogen-bond donors (Lipinski definition) is 0. The van der Waals surface area contributed by atoms with Crippen molar-refractivity contribution < 1.29 is 14.3 Å². The molecule has 94 valence electrons. The molecule has 1 aromatic rings. The molecule has 4 heteroatoms. The first kappa shape index (κ1) is 14.0. The van der Waals surface area contributed by atoms with Gasteiger partial charge < -0.3 is 9.47 Å². The van der Waals surface area contributed by atoms with Gasteiger partial charge in [-0.05, 0) is 51.5 Å². The molecule has 0 unspecified atom stereocenters. The summed E-state index contributed by atoms with van der Waals surface area (Å²) < 4.78 is 11.5. The molecule has 0 radical (unpaired) electrons. The van der Waals surface area contributed by atoms with Crippen LogP contribution in [-0.4, -0.2) is 18.2 Å². The Balaban J connectivity index is 2.53. The van der Waals surface area contributed by atoms with E-state index in [2.05, 4.69) is 15.9 Å². The molecule has 0 heterocycles. The second kappa shape index (κ2) is 5.54. The third kappa shape index (κ3) is 5.22. The van der Waals surface area contributed by atoms with E-state index in [0.29, 0.717) is 5.75 Å². The average molecular weight is 301 g/mol. The zero-order chi connectivity index (χ0) is 13.1. The summed E-state index contributed by atoms with van der Waals surface area (Å²) >= 11 is 3.37. The van der Waals surface area contributed by atoms with E-state index in [1.807, 2.05) is 45.9 Å². The van der Waals surface area contributed by atoms with E-state index < -0.39 is 5.60 Å². The lowest BCUT2D eigenvalue weighted by atomic mass is 10.2. The van der Waals surface area contributed by atoms with Gasteiger partial charge in [-0.2, -0.15) is 0 Å². The fraction of sp³-hybridized carbons (Fsp3) is 0.462. The average Bonchev–Trinajstić information content (AvgIpc) is 2.13. The van der Waals surface area contributed by atoms with Gasteiger partial charge in [0.2, 0.25) is 0 Å². The fourth-order valence-electron chi connectivity index (χ4n) is 1.28. The van der Waals surface area contributed by atoms with E-state index in [4.69, 9.17) is 9.47 Å². The lowest BCUT2D eigenvalue weighted by Crippen LogP contribution is -2.27. The molecule has 0 N–H and O–H groups in total. The Morgan fingerprint density at radius 1 is 1.35 bits per heavy atom. The van der Waals surface area contributed by atoms with Crippen LogP contribution in [0, 0.1) is 6.92 Å². The molecule has 0 aliphatic heterocycles. The van der Waals surface area contributed by atoms with Crippen molar-refractivity contribution in [2.24, 2.45) is 0 Å². The number of hydrogen-bond acceptors (Lipinski definition) is 3. The Hall–Kier alpha value is -1.03. The minimum Gasteiger partial charge on any atom is -0.482 e. The quantitative estimate of drug-likeness (QED) is 0.802. The van der Waals surface area contributed by atoms with Gasteiger partial charge in [0.1, 0.15) is 11.4 Å². The molecule has 0 bridgehead atoms. The number of benzene rings is 1. The van der Waals surface area contributed by atoms with Gasteiger partial charge in [0.15, 0.2) is 6.61 Å².